The van der Waals surface area contributed by atoms with Crippen LogP contribution in [0, 0.1) is 11.3 Å². The number of hydrogen-bond donors (Lipinski definition) is 2. The Bertz CT molecular complexity index is 1410. The smallest absolute Gasteiger partial charge is 0.322 e. The van der Waals surface area contributed by atoms with Gasteiger partial charge >= 0.3 is 6.03 Å². The number of aromatic nitrogens is 1. The predicted molar refractivity (Wildman–Crippen MR) is 147 cm³/mol. The Balaban J connectivity index is 1.50. The average Bonchev–Trinajstić information content (AvgIpc) is 3.36. The lowest BCUT2D eigenvalue weighted by Crippen LogP contribution is -2.46. The molecule has 0 bridgehead atoms. The van der Waals surface area contributed by atoms with E-state index in [9.17, 15) is 9.59 Å². The number of methoxy groups -OCH3 is 1. The summed E-state index contributed by atoms with van der Waals surface area (Å²) in [5.41, 5.74) is 4.14. The minimum Gasteiger partial charge on any atom is -0.383 e. The molecule has 0 saturated carbocycles. The van der Waals surface area contributed by atoms with Gasteiger partial charge in [0.15, 0.2) is 0 Å². The number of anilines is 1. The molecule has 8 heteroatoms. The number of nitriles is 1. The second-order valence-corrected chi connectivity index (χ2v) is 8.95. The number of amides is 3. The van der Waals surface area contributed by atoms with Crippen molar-refractivity contribution in [1.29, 1.82) is 5.26 Å². The van der Waals surface area contributed by atoms with E-state index in [1.165, 1.54) is 4.90 Å². The van der Waals surface area contributed by atoms with Crippen molar-refractivity contribution in [1.82, 2.24) is 14.8 Å². The van der Waals surface area contributed by atoms with Crippen LogP contribution in [0.4, 0.5) is 10.5 Å². The van der Waals surface area contributed by atoms with Crippen molar-refractivity contribution in [3.05, 3.63) is 102 Å². The first-order chi connectivity index (χ1) is 18.6. The summed E-state index contributed by atoms with van der Waals surface area (Å²) >= 11 is 0. The number of hydrogen-bond acceptors (Lipinski definition) is 4. The third-order valence-corrected chi connectivity index (χ3v) is 6.32. The molecule has 0 aliphatic heterocycles. The van der Waals surface area contributed by atoms with E-state index < -0.39 is 6.03 Å². The Kier molecular flexibility index (Phi) is 9.11. The quantitative estimate of drug-likeness (QED) is 0.303. The number of nitrogens with one attached hydrogen (secondary N) is 2. The predicted octanol–water partition coefficient (Wildman–Crippen LogP) is 4.79. The van der Waals surface area contributed by atoms with Crippen LogP contribution in [0.15, 0.2) is 85.1 Å². The molecule has 1 aromatic heterocycles. The summed E-state index contributed by atoms with van der Waals surface area (Å²) in [6, 6.07) is 26.2. The summed E-state index contributed by atoms with van der Waals surface area (Å²) in [6.07, 6.45) is 2.66. The highest BCUT2D eigenvalue weighted by atomic mass is 16.5. The lowest BCUT2D eigenvalue weighted by Gasteiger charge is -2.28. The first-order valence-electron chi connectivity index (χ1n) is 12.5. The van der Waals surface area contributed by atoms with Gasteiger partial charge < -0.3 is 24.8 Å². The molecule has 0 unspecified atom stereocenters. The van der Waals surface area contributed by atoms with Gasteiger partial charge in [0, 0.05) is 49.5 Å². The Hall–Kier alpha value is -4.61. The molecule has 0 fully saturated rings. The summed E-state index contributed by atoms with van der Waals surface area (Å²) in [5.74, 6) is -0.161. The van der Waals surface area contributed by atoms with Crippen molar-refractivity contribution in [3.8, 4) is 6.07 Å². The monoisotopic (exact) mass is 509 g/mol. The fraction of sp³-hybridized carbons (Fsp3) is 0.233. The molecule has 0 atom stereocenters. The van der Waals surface area contributed by atoms with E-state index in [2.05, 4.69) is 22.4 Å². The maximum absolute atomic E-state index is 13.6. The van der Waals surface area contributed by atoms with Crippen LogP contribution in [-0.2, 0) is 22.5 Å². The van der Waals surface area contributed by atoms with E-state index >= 15 is 0 Å². The minimum atomic E-state index is -0.429. The first kappa shape index (κ1) is 26.5. The number of ether oxygens (including phenoxy) is 1. The van der Waals surface area contributed by atoms with Crippen LogP contribution in [0.3, 0.4) is 0 Å². The molecule has 4 aromatic rings. The largest absolute Gasteiger partial charge is 0.383 e. The summed E-state index contributed by atoms with van der Waals surface area (Å²) < 4.78 is 5.19. The highest BCUT2D eigenvalue weighted by Gasteiger charge is 2.22. The fourth-order valence-electron chi connectivity index (χ4n) is 4.28. The lowest BCUT2D eigenvalue weighted by molar-refractivity contribution is -0.132. The molecule has 0 aliphatic rings. The standard InChI is InChI=1S/C30H31N5O3/c1-38-17-16-35(30(37)33-26-11-7-10-24(18-26)19-31)22-29(36)34(21-23-8-3-2-4-9-23)15-14-25-20-32-28-13-6-5-12-27(25)28/h2-13,18,20,32H,14-17,21-22H2,1H3,(H,33,37). The number of urea groups is 1. The summed E-state index contributed by atoms with van der Waals surface area (Å²) in [4.78, 5) is 33.3. The topological polar surface area (TPSA) is 101 Å². The second kappa shape index (κ2) is 13.1. The van der Waals surface area contributed by atoms with Crippen molar-refractivity contribution in [3.63, 3.8) is 0 Å². The summed E-state index contributed by atoms with van der Waals surface area (Å²) in [5, 5.41) is 13.1. The number of aromatic amines is 1. The van der Waals surface area contributed by atoms with Crippen molar-refractivity contribution in [2.75, 3.05) is 38.7 Å². The zero-order valence-electron chi connectivity index (χ0n) is 21.4. The van der Waals surface area contributed by atoms with Crippen LogP contribution in [0.1, 0.15) is 16.7 Å². The Labute approximate surface area is 222 Å². The second-order valence-electron chi connectivity index (χ2n) is 8.95. The van der Waals surface area contributed by atoms with E-state index in [1.807, 2.05) is 54.7 Å². The van der Waals surface area contributed by atoms with Crippen molar-refractivity contribution >= 4 is 28.5 Å². The maximum atomic E-state index is 13.6. The number of para-hydroxylation sites is 1. The number of benzene rings is 3. The molecule has 194 valence electrons. The molecule has 8 nitrogen and oxygen atoms in total. The number of carbonyl (C=O) groups is 2. The SMILES string of the molecule is COCCN(CC(=O)N(CCc1c[nH]c2ccccc12)Cc1ccccc1)C(=O)Nc1cccc(C#N)c1. The van der Waals surface area contributed by atoms with Crippen LogP contribution in [-0.4, -0.2) is 60.1 Å². The van der Waals surface area contributed by atoms with Gasteiger partial charge in [-0.15, -0.1) is 0 Å². The normalized spacial score (nSPS) is 10.6. The molecule has 4 rings (SSSR count). The maximum Gasteiger partial charge on any atom is 0.322 e. The molecule has 0 radical (unpaired) electrons. The molecule has 0 spiro atoms. The lowest BCUT2D eigenvalue weighted by atomic mass is 10.1. The van der Waals surface area contributed by atoms with Gasteiger partial charge in [0.05, 0.1) is 18.2 Å². The zero-order valence-corrected chi connectivity index (χ0v) is 21.4. The molecular formula is C30H31N5O3. The number of H-pyrrole nitrogens is 1. The van der Waals surface area contributed by atoms with Crippen molar-refractivity contribution in [2.24, 2.45) is 0 Å². The third-order valence-electron chi connectivity index (χ3n) is 6.32. The molecule has 2 N–H and O–H groups in total. The van der Waals surface area contributed by atoms with E-state index in [-0.39, 0.29) is 25.6 Å². The Morgan fingerprint density at radius 1 is 0.974 bits per heavy atom. The zero-order chi connectivity index (χ0) is 26.7. The summed E-state index contributed by atoms with van der Waals surface area (Å²) in [6.45, 7) is 1.36. The van der Waals surface area contributed by atoms with Crippen LogP contribution in [0.2, 0.25) is 0 Å². The van der Waals surface area contributed by atoms with Gasteiger partial charge in [0.2, 0.25) is 5.91 Å². The van der Waals surface area contributed by atoms with Gasteiger partial charge in [-0.3, -0.25) is 4.79 Å². The van der Waals surface area contributed by atoms with Crippen molar-refractivity contribution in [2.45, 2.75) is 13.0 Å². The van der Waals surface area contributed by atoms with Gasteiger partial charge in [0.25, 0.3) is 0 Å². The van der Waals surface area contributed by atoms with Crippen molar-refractivity contribution < 1.29 is 14.3 Å². The fourth-order valence-corrected chi connectivity index (χ4v) is 4.28. The highest BCUT2D eigenvalue weighted by molar-refractivity contribution is 5.92. The van der Waals surface area contributed by atoms with Gasteiger partial charge in [-0.25, -0.2) is 4.79 Å². The van der Waals surface area contributed by atoms with Crippen LogP contribution >= 0.6 is 0 Å². The van der Waals surface area contributed by atoms with E-state index in [4.69, 9.17) is 10.00 Å². The first-order valence-corrected chi connectivity index (χ1v) is 12.5. The summed E-state index contributed by atoms with van der Waals surface area (Å²) in [7, 11) is 1.55. The molecule has 38 heavy (non-hydrogen) atoms. The van der Waals surface area contributed by atoms with Gasteiger partial charge in [0.1, 0.15) is 6.54 Å². The van der Waals surface area contributed by atoms with Crippen LogP contribution < -0.4 is 5.32 Å². The number of nitrogens with zero attached hydrogens (tertiary/aromatic N) is 3. The number of fused-ring (bicyclic) bond motifs is 1. The van der Waals surface area contributed by atoms with E-state index in [1.54, 1.807) is 36.3 Å². The molecule has 0 aliphatic carbocycles. The van der Waals surface area contributed by atoms with Crippen LogP contribution in [0.5, 0.6) is 0 Å². The van der Waals surface area contributed by atoms with Gasteiger partial charge in [-0.2, -0.15) is 5.26 Å². The van der Waals surface area contributed by atoms with E-state index in [0.29, 0.717) is 30.8 Å². The average molecular weight is 510 g/mol. The molecule has 3 amide bonds. The van der Waals surface area contributed by atoms with Crippen LogP contribution in [0.25, 0.3) is 10.9 Å². The molecule has 3 aromatic carbocycles. The molecular weight excluding hydrogens is 478 g/mol. The number of rotatable bonds is 11. The Morgan fingerprint density at radius 2 is 1.76 bits per heavy atom. The Morgan fingerprint density at radius 3 is 2.55 bits per heavy atom. The minimum absolute atomic E-state index is 0.103. The number of carbonyl (C=O) groups excluding carboxylic acids is 2. The third kappa shape index (κ3) is 6.99. The molecule has 1 heterocycles. The van der Waals surface area contributed by atoms with Gasteiger partial charge in [-0.05, 0) is 41.8 Å². The highest BCUT2D eigenvalue weighted by Crippen LogP contribution is 2.19. The molecule has 0 saturated heterocycles. The van der Waals surface area contributed by atoms with Gasteiger partial charge in [-0.1, -0.05) is 54.6 Å². The van der Waals surface area contributed by atoms with E-state index in [0.717, 1.165) is 22.0 Å².